The summed E-state index contributed by atoms with van der Waals surface area (Å²) >= 11 is 0. The first-order valence-corrected chi connectivity index (χ1v) is 7.93. The first-order valence-electron chi connectivity index (χ1n) is 7.93. The van der Waals surface area contributed by atoms with Crippen LogP contribution in [0.2, 0.25) is 0 Å². The van der Waals surface area contributed by atoms with E-state index in [1.54, 1.807) is 4.57 Å². The molecular weight excluding hydrogens is 294 g/mol. The van der Waals surface area contributed by atoms with Crippen molar-refractivity contribution in [3.05, 3.63) is 39.2 Å². The van der Waals surface area contributed by atoms with Crippen molar-refractivity contribution in [1.29, 1.82) is 0 Å². The van der Waals surface area contributed by atoms with Gasteiger partial charge in [-0.2, -0.15) is 0 Å². The summed E-state index contributed by atoms with van der Waals surface area (Å²) in [6.45, 7) is 4.90. The molecule has 0 aliphatic heterocycles. The molecule has 0 unspecified atom stereocenters. The summed E-state index contributed by atoms with van der Waals surface area (Å²) in [5, 5.41) is 0. The highest BCUT2D eigenvalue weighted by Crippen LogP contribution is 2.18. The van der Waals surface area contributed by atoms with E-state index in [-0.39, 0.29) is 11.2 Å². The maximum atomic E-state index is 12.6. The van der Waals surface area contributed by atoms with Gasteiger partial charge in [0.25, 0.3) is 5.56 Å². The van der Waals surface area contributed by atoms with Crippen molar-refractivity contribution < 1.29 is 0 Å². The zero-order valence-electron chi connectivity index (χ0n) is 13.7. The third-order valence-corrected chi connectivity index (χ3v) is 3.94. The van der Waals surface area contributed by atoms with Crippen LogP contribution in [0.3, 0.4) is 0 Å². The molecule has 0 atom stereocenters. The van der Waals surface area contributed by atoms with Crippen LogP contribution in [0.15, 0.2) is 27.9 Å². The minimum absolute atomic E-state index is 0.281. The van der Waals surface area contributed by atoms with Gasteiger partial charge in [0, 0.05) is 26.3 Å². The molecule has 0 aromatic carbocycles. The van der Waals surface area contributed by atoms with Crippen LogP contribution < -0.4 is 11.2 Å². The van der Waals surface area contributed by atoms with Crippen LogP contribution in [0.1, 0.15) is 26.7 Å². The number of hydrogen-bond acceptors (Lipinski definition) is 3. The van der Waals surface area contributed by atoms with Crippen LogP contribution in [-0.2, 0) is 20.1 Å². The second kappa shape index (κ2) is 5.91. The fraction of sp³-hybridized carbons (Fsp3) is 0.438. The lowest BCUT2D eigenvalue weighted by Crippen LogP contribution is -2.40. The number of aromatic amines is 1. The zero-order chi connectivity index (χ0) is 16.6. The van der Waals surface area contributed by atoms with Gasteiger partial charge in [0.15, 0.2) is 11.5 Å². The van der Waals surface area contributed by atoms with Crippen molar-refractivity contribution in [2.75, 3.05) is 0 Å². The van der Waals surface area contributed by atoms with Crippen LogP contribution in [0, 0.1) is 0 Å². The molecule has 0 aliphatic rings. The first-order chi connectivity index (χ1) is 11.1. The van der Waals surface area contributed by atoms with E-state index in [1.807, 2.05) is 43.8 Å². The van der Waals surface area contributed by atoms with Crippen molar-refractivity contribution in [3.8, 4) is 11.5 Å². The fourth-order valence-corrected chi connectivity index (χ4v) is 2.84. The molecule has 3 aromatic rings. The molecule has 3 rings (SSSR count). The highest BCUT2D eigenvalue weighted by Gasteiger charge is 2.17. The Kier molecular flexibility index (Phi) is 3.94. The van der Waals surface area contributed by atoms with Gasteiger partial charge >= 0.3 is 5.69 Å². The van der Waals surface area contributed by atoms with Crippen molar-refractivity contribution in [1.82, 2.24) is 23.7 Å². The highest BCUT2D eigenvalue weighted by atomic mass is 16.2. The number of imidazole rings is 1. The summed E-state index contributed by atoms with van der Waals surface area (Å²) in [6.07, 6.45) is 3.44. The standard InChI is InChI=1S/C16H21N5O2/c1-4-8-20-14-12(15(22)21(9-5-2)16(20)23)17-13(18-14)11-7-6-10-19(11)3/h6-7,10H,4-5,8-9H2,1-3H3,(H,17,18). The van der Waals surface area contributed by atoms with E-state index < -0.39 is 0 Å². The highest BCUT2D eigenvalue weighted by molar-refractivity contribution is 5.74. The summed E-state index contributed by atoms with van der Waals surface area (Å²) in [6, 6.07) is 3.83. The van der Waals surface area contributed by atoms with Gasteiger partial charge in [-0.3, -0.25) is 13.9 Å². The maximum absolute atomic E-state index is 12.6. The fourth-order valence-electron chi connectivity index (χ4n) is 2.84. The lowest BCUT2D eigenvalue weighted by atomic mass is 10.4. The molecule has 0 fully saturated rings. The Morgan fingerprint density at radius 1 is 1.13 bits per heavy atom. The van der Waals surface area contributed by atoms with Gasteiger partial charge in [0.2, 0.25) is 0 Å². The van der Waals surface area contributed by atoms with Crippen LogP contribution in [0.25, 0.3) is 22.7 Å². The van der Waals surface area contributed by atoms with E-state index in [2.05, 4.69) is 9.97 Å². The average Bonchev–Trinajstić information content (AvgIpc) is 3.14. The molecule has 3 heterocycles. The van der Waals surface area contributed by atoms with Gasteiger partial charge < -0.3 is 9.55 Å². The van der Waals surface area contributed by atoms with Crippen molar-refractivity contribution >= 4 is 11.2 Å². The number of nitrogens with one attached hydrogen (secondary N) is 1. The van der Waals surface area contributed by atoms with E-state index in [9.17, 15) is 9.59 Å². The molecule has 0 saturated heterocycles. The normalized spacial score (nSPS) is 11.4. The molecule has 3 aromatic heterocycles. The molecular formula is C16H21N5O2. The van der Waals surface area contributed by atoms with Crippen molar-refractivity contribution in [2.45, 2.75) is 39.8 Å². The molecule has 0 bridgehead atoms. The average molecular weight is 315 g/mol. The molecule has 7 heteroatoms. The largest absolute Gasteiger partial charge is 0.348 e. The quantitative estimate of drug-likeness (QED) is 0.778. The van der Waals surface area contributed by atoms with Crippen LogP contribution in [-0.4, -0.2) is 23.7 Å². The number of nitrogens with zero attached hydrogens (tertiary/aromatic N) is 4. The summed E-state index contributed by atoms with van der Waals surface area (Å²) in [5.74, 6) is 0.600. The third kappa shape index (κ3) is 2.42. The minimum Gasteiger partial charge on any atom is -0.348 e. The second-order valence-corrected chi connectivity index (χ2v) is 5.68. The Hall–Kier alpha value is -2.57. The number of hydrogen-bond donors (Lipinski definition) is 1. The number of aryl methyl sites for hydroxylation is 2. The number of aromatic nitrogens is 5. The molecule has 122 valence electrons. The molecule has 0 radical (unpaired) electrons. The molecule has 0 aliphatic carbocycles. The third-order valence-electron chi connectivity index (χ3n) is 3.94. The first kappa shape index (κ1) is 15.3. The summed E-state index contributed by atoms with van der Waals surface area (Å²) in [7, 11) is 1.91. The van der Waals surface area contributed by atoms with Gasteiger partial charge in [0.05, 0.1) is 5.69 Å². The summed E-state index contributed by atoms with van der Waals surface area (Å²) < 4.78 is 4.81. The maximum Gasteiger partial charge on any atom is 0.332 e. The SMILES string of the molecule is CCCn1c(=O)c2[nH]c(-c3cccn3C)nc2n(CCC)c1=O. The van der Waals surface area contributed by atoms with Crippen LogP contribution >= 0.6 is 0 Å². The Labute approximate surface area is 133 Å². The second-order valence-electron chi connectivity index (χ2n) is 5.68. The Bertz CT molecular complexity index is 957. The topological polar surface area (TPSA) is 77.6 Å². The van der Waals surface area contributed by atoms with Gasteiger partial charge in [0.1, 0.15) is 5.52 Å². The van der Waals surface area contributed by atoms with Crippen molar-refractivity contribution in [3.63, 3.8) is 0 Å². The molecule has 0 amide bonds. The molecule has 0 spiro atoms. The van der Waals surface area contributed by atoms with E-state index in [1.165, 1.54) is 4.57 Å². The smallest absolute Gasteiger partial charge is 0.332 e. The Balaban J connectivity index is 2.34. The van der Waals surface area contributed by atoms with E-state index >= 15 is 0 Å². The molecule has 23 heavy (non-hydrogen) atoms. The van der Waals surface area contributed by atoms with Gasteiger partial charge in [-0.1, -0.05) is 13.8 Å². The summed E-state index contributed by atoms with van der Waals surface area (Å²) in [5.41, 5.74) is 1.12. The predicted octanol–water partition coefficient (Wildman–Crippen LogP) is 1.71. The van der Waals surface area contributed by atoms with Crippen LogP contribution in [0.5, 0.6) is 0 Å². The Morgan fingerprint density at radius 2 is 1.83 bits per heavy atom. The van der Waals surface area contributed by atoms with E-state index in [4.69, 9.17) is 0 Å². The Morgan fingerprint density at radius 3 is 2.43 bits per heavy atom. The molecule has 7 nitrogen and oxygen atoms in total. The lowest BCUT2D eigenvalue weighted by Gasteiger charge is -2.09. The predicted molar refractivity (Wildman–Crippen MR) is 89.6 cm³/mol. The summed E-state index contributed by atoms with van der Waals surface area (Å²) in [4.78, 5) is 32.9. The number of H-pyrrole nitrogens is 1. The number of fused-ring (bicyclic) bond motifs is 1. The number of rotatable bonds is 5. The molecule has 1 N–H and O–H groups in total. The monoisotopic (exact) mass is 315 g/mol. The van der Waals surface area contributed by atoms with Crippen LogP contribution in [0.4, 0.5) is 0 Å². The molecule has 0 saturated carbocycles. The lowest BCUT2D eigenvalue weighted by molar-refractivity contribution is 0.555. The minimum atomic E-state index is -0.299. The zero-order valence-corrected chi connectivity index (χ0v) is 13.7. The van der Waals surface area contributed by atoms with Gasteiger partial charge in [-0.25, -0.2) is 9.78 Å². The van der Waals surface area contributed by atoms with E-state index in [0.29, 0.717) is 30.1 Å². The van der Waals surface area contributed by atoms with Crippen molar-refractivity contribution in [2.24, 2.45) is 7.05 Å². The van der Waals surface area contributed by atoms with Gasteiger partial charge in [-0.05, 0) is 25.0 Å². The van der Waals surface area contributed by atoms with E-state index in [0.717, 1.165) is 18.5 Å². The van der Waals surface area contributed by atoms with Gasteiger partial charge in [-0.15, -0.1) is 0 Å².